The van der Waals surface area contributed by atoms with E-state index >= 15 is 0 Å². The van der Waals surface area contributed by atoms with Crippen LogP contribution in [0.15, 0.2) is 27.6 Å². The molecule has 1 amide bonds. The lowest BCUT2D eigenvalue weighted by Gasteiger charge is -2.14. The molecule has 1 aromatic carbocycles. The number of hydrogen-bond acceptors (Lipinski definition) is 5. The van der Waals surface area contributed by atoms with Crippen molar-refractivity contribution in [2.75, 3.05) is 19.0 Å². The molecule has 0 aliphatic heterocycles. The summed E-state index contributed by atoms with van der Waals surface area (Å²) in [6, 6.07) is 4.01. The SMILES string of the molecule is COC(CN)C(=O)Nc1ccc(S(N)(=O)=O)cc1Br. The largest absolute Gasteiger partial charge is 0.370 e. The Morgan fingerprint density at radius 1 is 1.53 bits per heavy atom. The van der Waals surface area contributed by atoms with Crippen molar-refractivity contribution in [3.8, 4) is 0 Å². The van der Waals surface area contributed by atoms with Gasteiger partial charge in [-0.05, 0) is 34.1 Å². The smallest absolute Gasteiger partial charge is 0.254 e. The number of nitrogens with one attached hydrogen (secondary N) is 1. The number of hydrogen-bond donors (Lipinski definition) is 3. The maximum Gasteiger partial charge on any atom is 0.254 e. The topological polar surface area (TPSA) is 125 Å². The molecule has 5 N–H and O–H groups in total. The number of halogens is 1. The van der Waals surface area contributed by atoms with Crippen molar-refractivity contribution in [2.45, 2.75) is 11.0 Å². The molecule has 0 radical (unpaired) electrons. The molecule has 0 spiro atoms. The minimum absolute atomic E-state index is 0.0369. The van der Waals surface area contributed by atoms with E-state index in [2.05, 4.69) is 21.2 Å². The predicted octanol–water partition coefficient (Wildman–Crippen LogP) is 0.00870. The number of nitrogens with two attached hydrogens (primary N) is 2. The Morgan fingerprint density at radius 3 is 2.58 bits per heavy atom. The fourth-order valence-electron chi connectivity index (χ4n) is 1.30. The van der Waals surface area contributed by atoms with Crippen LogP contribution in [0.25, 0.3) is 0 Å². The molecule has 0 saturated carbocycles. The Labute approximate surface area is 119 Å². The quantitative estimate of drug-likeness (QED) is 0.688. The molecule has 1 aromatic rings. The van der Waals surface area contributed by atoms with Crippen LogP contribution in [-0.2, 0) is 19.6 Å². The van der Waals surface area contributed by atoms with Crippen LogP contribution in [-0.4, -0.2) is 34.1 Å². The van der Waals surface area contributed by atoms with Gasteiger partial charge in [0.15, 0.2) is 0 Å². The molecule has 1 unspecified atom stereocenters. The average molecular weight is 352 g/mol. The summed E-state index contributed by atoms with van der Waals surface area (Å²) in [6.07, 6.45) is -0.773. The maximum absolute atomic E-state index is 11.7. The van der Waals surface area contributed by atoms with Crippen molar-refractivity contribution in [3.05, 3.63) is 22.7 Å². The molecule has 1 atom stereocenters. The van der Waals surface area contributed by atoms with Gasteiger partial charge in [-0.1, -0.05) is 0 Å². The highest BCUT2D eigenvalue weighted by Gasteiger charge is 2.17. The van der Waals surface area contributed by atoms with Crippen LogP contribution in [0.5, 0.6) is 0 Å². The van der Waals surface area contributed by atoms with Crippen LogP contribution in [0, 0.1) is 0 Å². The average Bonchev–Trinajstić information content (AvgIpc) is 2.32. The Balaban J connectivity index is 2.96. The van der Waals surface area contributed by atoms with Gasteiger partial charge < -0.3 is 15.8 Å². The van der Waals surface area contributed by atoms with E-state index in [9.17, 15) is 13.2 Å². The van der Waals surface area contributed by atoms with E-state index in [1.807, 2.05) is 0 Å². The van der Waals surface area contributed by atoms with Crippen molar-refractivity contribution in [3.63, 3.8) is 0 Å². The predicted molar refractivity (Wildman–Crippen MR) is 74.0 cm³/mol. The lowest BCUT2D eigenvalue weighted by Crippen LogP contribution is -2.36. The number of amides is 1. The first kappa shape index (κ1) is 16.1. The monoisotopic (exact) mass is 351 g/mol. The van der Waals surface area contributed by atoms with E-state index in [-0.39, 0.29) is 11.4 Å². The van der Waals surface area contributed by atoms with Gasteiger partial charge in [0.05, 0.1) is 10.6 Å². The van der Waals surface area contributed by atoms with Gasteiger partial charge >= 0.3 is 0 Å². The van der Waals surface area contributed by atoms with Gasteiger partial charge in [-0.25, -0.2) is 13.6 Å². The Kier molecular flexibility index (Phi) is 5.44. The molecule has 19 heavy (non-hydrogen) atoms. The van der Waals surface area contributed by atoms with Gasteiger partial charge in [0, 0.05) is 18.1 Å². The third-order valence-electron chi connectivity index (χ3n) is 2.32. The zero-order valence-electron chi connectivity index (χ0n) is 10.1. The van der Waals surface area contributed by atoms with Gasteiger partial charge in [0.2, 0.25) is 10.0 Å². The first-order valence-corrected chi connectivity index (χ1v) is 7.49. The fraction of sp³-hybridized carbons (Fsp3) is 0.300. The number of benzene rings is 1. The Bertz CT molecular complexity index is 572. The van der Waals surface area contributed by atoms with Gasteiger partial charge in [-0.3, -0.25) is 4.79 Å². The summed E-state index contributed by atoms with van der Waals surface area (Å²) < 4.78 is 27.6. The van der Waals surface area contributed by atoms with Crippen LogP contribution in [0.4, 0.5) is 5.69 Å². The molecule has 0 fully saturated rings. The van der Waals surface area contributed by atoms with Gasteiger partial charge in [0.1, 0.15) is 6.10 Å². The summed E-state index contributed by atoms with van der Waals surface area (Å²) in [7, 11) is -2.41. The third-order valence-corrected chi connectivity index (χ3v) is 3.89. The first-order chi connectivity index (χ1) is 8.79. The Hall–Kier alpha value is -1.00. The molecule has 7 nitrogen and oxygen atoms in total. The number of carbonyl (C=O) groups is 1. The second-order valence-electron chi connectivity index (χ2n) is 3.64. The van der Waals surface area contributed by atoms with Gasteiger partial charge in [-0.15, -0.1) is 0 Å². The van der Waals surface area contributed by atoms with Crippen LogP contribution >= 0.6 is 15.9 Å². The number of rotatable bonds is 5. The van der Waals surface area contributed by atoms with Crippen LogP contribution in [0.2, 0.25) is 0 Å². The molecule has 0 aliphatic carbocycles. The van der Waals surface area contributed by atoms with E-state index in [4.69, 9.17) is 15.6 Å². The van der Waals surface area contributed by atoms with Crippen molar-refractivity contribution in [1.82, 2.24) is 0 Å². The van der Waals surface area contributed by atoms with Crippen LogP contribution < -0.4 is 16.2 Å². The van der Waals surface area contributed by atoms with Crippen LogP contribution in [0.1, 0.15) is 0 Å². The summed E-state index contributed by atoms with van der Waals surface area (Å²) in [4.78, 5) is 11.7. The standard InChI is InChI=1S/C10H14BrN3O4S/c1-18-9(5-12)10(15)14-8-3-2-6(4-7(8)11)19(13,16)17/h2-4,9H,5,12H2,1H3,(H,14,15)(H2,13,16,17). The normalized spacial score (nSPS) is 13.1. The van der Waals surface area contributed by atoms with Crippen LogP contribution in [0.3, 0.4) is 0 Å². The zero-order valence-corrected chi connectivity index (χ0v) is 12.5. The van der Waals surface area contributed by atoms with E-state index in [0.717, 1.165) is 0 Å². The summed E-state index contributed by atoms with van der Waals surface area (Å²) in [5, 5.41) is 7.56. The van der Waals surface area contributed by atoms with E-state index in [1.165, 1.54) is 25.3 Å². The molecule has 0 aromatic heterocycles. The molecule has 0 heterocycles. The minimum Gasteiger partial charge on any atom is -0.370 e. The number of primary sulfonamides is 1. The lowest BCUT2D eigenvalue weighted by atomic mass is 10.3. The van der Waals surface area contributed by atoms with Crippen molar-refractivity contribution in [1.29, 1.82) is 0 Å². The second-order valence-corrected chi connectivity index (χ2v) is 6.05. The highest BCUT2D eigenvalue weighted by Crippen LogP contribution is 2.25. The zero-order chi connectivity index (χ0) is 14.6. The summed E-state index contributed by atoms with van der Waals surface area (Å²) in [5.41, 5.74) is 5.76. The lowest BCUT2D eigenvalue weighted by molar-refractivity contribution is -0.125. The van der Waals surface area contributed by atoms with E-state index in [1.54, 1.807) is 0 Å². The molecule has 0 bridgehead atoms. The number of methoxy groups -OCH3 is 1. The molecule has 106 valence electrons. The Morgan fingerprint density at radius 2 is 2.16 bits per heavy atom. The van der Waals surface area contributed by atoms with Gasteiger partial charge in [-0.2, -0.15) is 0 Å². The molecule has 0 aliphatic rings. The molecule has 0 saturated heterocycles. The number of sulfonamides is 1. The highest BCUT2D eigenvalue weighted by atomic mass is 79.9. The number of ether oxygens (including phenoxy) is 1. The van der Waals surface area contributed by atoms with Crippen molar-refractivity contribution < 1.29 is 17.9 Å². The summed E-state index contributed by atoms with van der Waals surface area (Å²) in [6.45, 7) is 0.0369. The van der Waals surface area contributed by atoms with E-state index in [0.29, 0.717) is 10.2 Å². The summed E-state index contributed by atoms with van der Waals surface area (Å²) >= 11 is 3.15. The number of anilines is 1. The molecule has 1 rings (SSSR count). The van der Waals surface area contributed by atoms with E-state index < -0.39 is 22.0 Å². The maximum atomic E-state index is 11.7. The third kappa shape index (κ3) is 4.25. The molecular weight excluding hydrogens is 338 g/mol. The van der Waals surface area contributed by atoms with Gasteiger partial charge in [0.25, 0.3) is 5.91 Å². The fourth-order valence-corrected chi connectivity index (χ4v) is 2.47. The summed E-state index contributed by atoms with van der Waals surface area (Å²) in [5.74, 6) is -0.422. The first-order valence-electron chi connectivity index (χ1n) is 5.15. The van der Waals surface area contributed by atoms with Crippen molar-refractivity contribution in [2.24, 2.45) is 10.9 Å². The van der Waals surface area contributed by atoms with Crippen molar-refractivity contribution >= 4 is 37.5 Å². The minimum atomic E-state index is -3.78. The molecular formula is C10H14BrN3O4S. The highest BCUT2D eigenvalue weighted by molar-refractivity contribution is 9.10. The second kappa shape index (κ2) is 6.44. The molecule has 9 heteroatoms. The number of carbonyl (C=O) groups excluding carboxylic acids is 1.